The number of aliphatic hydroxyl groups excluding tert-OH is 2. The largest absolute Gasteiger partial charge is 0.573 e. The van der Waals surface area contributed by atoms with Gasteiger partial charge in [0.2, 0.25) is 5.79 Å². The number of rotatable bonds is 11. The summed E-state index contributed by atoms with van der Waals surface area (Å²) in [5.74, 6) is -8.85. The van der Waals surface area contributed by atoms with Gasteiger partial charge in [0.05, 0.1) is 37.1 Å². The summed E-state index contributed by atoms with van der Waals surface area (Å²) in [5, 5.41) is 34.8. The molecule has 3 N–H and O–H groups in total. The van der Waals surface area contributed by atoms with Crippen molar-refractivity contribution in [3.63, 3.8) is 0 Å². The van der Waals surface area contributed by atoms with Gasteiger partial charge in [-0.15, -0.1) is 13.2 Å². The zero-order chi connectivity index (χ0) is 52.5. The summed E-state index contributed by atoms with van der Waals surface area (Å²) in [6.07, 6.45) is -3.96. The van der Waals surface area contributed by atoms with Crippen molar-refractivity contribution in [3.05, 3.63) is 52.1 Å². The Balaban J connectivity index is 1.42. The van der Waals surface area contributed by atoms with Gasteiger partial charge in [-0.1, -0.05) is 57.0 Å². The molecule has 15 unspecified atom stereocenters. The maximum Gasteiger partial charge on any atom is 0.573 e. The van der Waals surface area contributed by atoms with Gasteiger partial charge in [0, 0.05) is 57.1 Å². The van der Waals surface area contributed by atoms with E-state index in [0.29, 0.717) is 56.9 Å². The molecule has 0 spiro atoms. The number of ketones is 2. The van der Waals surface area contributed by atoms with E-state index in [4.69, 9.17) is 40.0 Å². The molecule has 3 fully saturated rings. The molecule has 71 heavy (non-hydrogen) atoms. The molecule has 0 radical (unpaired) electrons. The van der Waals surface area contributed by atoms with Crippen molar-refractivity contribution in [1.29, 1.82) is 0 Å². The van der Waals surface area contributed by atoms with Crippen LogP contribution in [-0.2, 0) is 47.6 Å². The zero-order valence-electron chi connectivity index (χ0n) is 42.5. The van der Waals surface area contributed by atoms with Crippen LogP contribution in [0.5, 0.6) is 5.75 Å². The highest BCUT2D eigenvalue weighted by Crippen LogP contribution is 2.40. The molecular formula is C52H75ClF3NO14. The summed E-state index contributed by atoms with van der Waals surface area (Å²) in [7, 11) is 4.52. The molecular weight excluding hydrogens is 955 g/mol. The maximum absolute atomic E-state index is 14.5. The number of carbonyl (C=O) groups excluding carboxylic acids is 4. The number of allylic oxidation sites excluding steroid dienone is 3. The second-order valence-corrected chi connectivity index (χ2v) is 20.7. The number of hydrogen-bond donors (Lipinski definition) is 3. The number of cyclic esters (lactones) is 1. The summed E-state index contributed by atoms with van der Waals surface area (Å²) in [5.41, 5.74) is 1.58. The lowest BCUT2D eigenvalue weighted by atomic mass is 9.81. The van der Waals surface area contributed by atoms with Crippen LogP contribution in [0, 0.1) is 29.6 Å². The van der Waals surface area contributed by atoms with E-state index in [2.05, 4.69) is 4.74 Å². The fraction of sp³-hybridized carbons (Fsp3) is 0.731. The molecule has 3 aliphatic heterocycles. The first-order valence-corrected chi connectivity index (χ1v) is 25.3. The monoisotopic (exact) mass is 1030 g/mol. The molecule has 5 rings (SSSR count). The fourth-order valence-corrected chi connectivity index (χ4v) is 11.1. The van der Waals surface area contributed by atoms with Gasteiger partial charge < -0.3 is 53.4 Å². The van der Waals surface area contributed by atoms with Crippen LogP contribution in [0.3, 0.4) is 0 Å². The molecule has 1 aliphatic carbocycles. The maximum atomic E-state index is 14.5. The van der Waals surface area contributed by atoms with Crippen molar-refractivity contribution in [2.45, 2.75) is 179 Å². The topological polar surface area (TPSA) is 197 Å². The van der Waals surface area contributed by atoms with Crippen LogP contribution in [0.25, 0.3) is 0 Å². The third-order valence-electron chi connectivity index (χ3n) is 14.8. The van der Waals surface area contributed by atoms with Crippen LogP contribution in [0.1, 0.15) is 124 Å². The summed E-state index contributed by atoms with van der Waals surface area (Å²) < 4.78 is 79.0. The number of piperidine rings is 1. The molecule has 2 saturated heterocycles. The lowest BCUT2D eigenvalue weighted by Gasteiger charge is -2.47. The molecule has 15 nitrogen and oxygen atoms in total. The van der Waals surface area contributed by atoms with Gasteiger partial charge in [-0.3, -0.25) is 14.4 Å². The van der Waals surface area contributed by atoms with E-state index in [0.717, 1.165) is 22.6 Å². The summed E-state index contributed by atoms with van der Waals surface area (Å²) in [4.78, 5) is 58.4. The van der Waals surface area contributed by atoms with E-state index in [9.17, 15) is 47.7 Å². The molecule has 4 aliphatic rings. The normalized spacial score (nSPS) is 35.9. The summed E-state index contributed by atoms with van der Waals surface area (Å²) in [6.45, 7) is 10.7. The highest BCUT2D eigenvalue weighted by Gasteiger charge is 2.56. The fourth-order valence-electron chi connectivity index (χ4n) is 10.8. The van der Waals surface area contributed by atoms with Crippen LogP contribution < -0.4 is 4.74 Å². The minimum Gasteiger partial charge on any atom is -0.456 e. The summed E-state index contributed by atoms with van der Waals surface area (Å²) >= 11 is 6.03. The van der Waals surface area contributed by atoms with Crippen molar-refractivity contribution < 1.29 is 80.8 Å². The van der Waals surface area contributed by atoms with Crippen LogP contribution >= 0.6 is 11.6 Å². The Morgan fingerprint density at radius 2 is 1.62 bits per heavy atom. The van der Waals surface area contributed by atoms with Gasteiger partial charge in [-0.05, 0) is 119 Å². The number of benzene rings is 1. The molecule has 1 aromatic rings. The first-order chi connectivity index (χ1) is 33.4. The van der Waals surface area contributed by atoms with Crippen LogP contribution in [0.15, 0.2) is 41.5 Å². The Labute approximate surface area is 420 Å². The number of ether oxygens (including phenoxy) is 7. The van der Waals surface area contributed by atoms with Gasteiger partial charge in [0.15, 0.2) is 0 Å². The van der Waals surface area contributed by atoms with E-state index >= 15 is 0 Å². The van der Waals surface area contributed by atoms with Gasteiger partial charge >= 0.3 is 12.3 Å². The van der Waals surface area contributed by atoms with Crippen LogP contribution in [0.4, 0.5) is 13.2 Å². The molecule has 1 aromatic carbocycles. The number of methoxy groups -OCH3 is 3. The smallest absolute Gasteiger partial charge is 0.456 e. The Bertz CT molecular complexity index is 2050. The van der Waals surface area contributed by atoms with Crippen molar-refractivity contribution in [3.8, 4) is 5.75 Å². The van der Waals surface area contributed by atoms with Crippen LogP contribution in [-0.4, -0.2) is 139 Å². The van der Waals surface area contributed by atoms with Gasteiger partial charge in [0.25, 0.3) is 11.7 Å². The Hall–Kier alpha value is -3.46. The number of aliphatic hydroxyl groups is 3. The number of alkyl halides is 3. The number of esters is 1. The number of halogens is 4. The molecule has 1 saturated carbocycles. The number of fused-ring (bicyclic) bond motifs is 3. The van der Waals surface area contributed by atoms with Crippen molar-refractivity contribution in [1.82, 2.24) is 4.90 Å². The Morgan fingerprint density at radius 3 is 2.27 bits per heavy atom. The second-order valence-electron chi connectivity index (χ2n) is 20.2. The second kappa shape index (κ2) is 25.7. The minimum absolute atomic E-state index is 0.0153. The number of carbonyl (C=O) groups is 4. The Kier molecular flexibility index (Phi) is 21.1. The van der Waals surface area contributed by atoms with Gasteiger partial charge in [0.1, 0.15) is 35.9 Å². The predicted octanol–water partition coefficient (Wildman–Crippen LogP) is 7.78. The van der Waals surface area contributed by atoms with Crippen molar-refractivity contribution in [2.24, 2.45) is 29.6 Å². The predicted molar refractivity (Wildman–Crippen MR) is 255 cm³/mol. The van der Waals surface area contributed by atoms with Gasteiger partial charge in [-0.25, -0.2) is 4.79 Å². The SMILES string of the molecule is CCC1/C=C(\C)CC(C)CC(OC)C2OC(O)(C(=O)C(=O)N3CCCCC3C(=O)OC(C(C)=CC3CCC(OCC(O)c4cc(Cl)cc(OC(F)(F)F)c4)C(OC)C3)C(C)C(O)CC1=O)C(C)CC2OC. The number of Topliss-reactive ketones (excluding diaryl/α,β-unsaturated/α-hetero) is 2. The summed E-state index contributed by atoms with van der Waals surface area (Å²) in [6, 6.07) is 2.12. The number of hydrogen-bond acceptors (Lipinski definition) is 14. The molecule has 1 amide bonds. The van der Waals surface area contributed by atoms with E-state index in [1.54, 1.807) is 20.8 Å². The zero-order valence-corrected chi connectivity index (χ0v) is 43.2. The van der Waals surface area contributed by atoms with E-state index in [-0.39, 0.29) is 60.6 Å². The standard InChI is InChI=1S/C52H75ClF3NO14/c1-10-34-18-28(2)17-29(3)19-44(66-8)47-45(67-9)21-31(5)51(64,71-47)48(61)49(62)57-16-12-11-13-38(57)50(63)69-46(32(6)39(58)26-40(34)59)30(4)20-33-14-15-42(43(22-33)65-7)68-27-41(60)35-23-36(53)25-37(24-35)70-52(54,55)56/h18,20,23-25,29,31-34,38-39,41-47,58,60,64H,10-17,19,21-22,26-27H2,1-9H3/b28-18+,30-20?. The quantitative estimate of drug-likeness (QED) is 0.110. The Morgan fingerprint density at radius 1 is 0.944 bits per heavy atom. The van der Waals surface area contributed by atoms with Crippen molar-refractivity contribution >= 4 is 35.0 Å². The first-order valence-electron chi connectivity index (χ1n) is 24.9. The van der Waals surface area contributed by atoms with Crippen molar-refractivity contribution in [2.75, 3.05) is 34.5 Å². The average molecular weight is 1030 g/mol. The van der Waals surface area contributed by atoms with Gasteiger partial charge in [-0.2, -0.15) is 0 Å². The molecule has 2 bridgehead atoms. The molecule has 3 heterocycles. The van der Waals surface area contributed by atoms with E-state index in [1.165, 1.54) is 27.4 Å². The minimum atomic E-state index is -4.96. The third kappa shape index (κ3) is 15.1. The highest BCUT2D eigenvalue weighted by molar-refractivity contribution is 6.39. The lowest BCUT2D eigenvalue weighted by Crippen LogP contribution is -2.64. The average Bonchev–Trinajstić information content (AvgIpc) is 3.32. The van der Waals surface area contributed by atoms with E-state index in [1.807, 2.05) is 32.9 Å². The molecule has 15 atom stereocenters. The molecule has 0 aromatic heterocycles. The first kappa shape index (κ1) is 58.4. The highest BCUT2D eigenvalue weighted by atomic mass is 35.5. The lowest BCUT2D eigenvalue weighted by molar-refractivity contribution is -0.302. The number of amides is 1. The molecule has 19 heteroatoms. The third-order valence-corrected chi connectivity index (χ3v) is 15.1. The van der Waals surface area contributed by atoms with E-state index < -0.39 is 108 Å². The molecule has 400 valence electrons. The van der Waals surface area contributed by atoms with Crippen LogP contribution in [0.2, 0.25) is 5.02 Å². The number of nitrogens with zero attached hydrogens (tertiary/aromatic N) is 1.